The van der Waals surface area contributed by atoms with Gasteiger partial charge in [-0.1, -0.05) is 28.8 Å². The second-order valence-electron chi connectivity index (χ2n) is 5.93. The number of ether oxygens (including phenoxy) is 2. The molecule has 21 heavy (non-hydrogen) atoms. The van der Waals surface area contributed by atoms with Gasteiger partial charge in [0.15, 0.2) is 0 Å². The quantitative estimate of drug-likeness (QED) is 0.887. The molecular formula is C16H19BrO4. The molecule has 5 heteroatoms. The van der Waals surface area contributed by atoms with E-state index in [-0.39, 0.29) is 17.3 Å². The van der Waals surface area contributed by atoms with E-state index >= 15 is 0 Å². The average molecular weight is 355 g/mol. The molecule has 1 aromatic carbocycles. The Morgan fingerprint density at radius 2 is 2.14 bits per heavy atom. The second-order valence-corrected chi connectivity index (χ2v) is 6.84. The summed E-state index contributed by atoms with van der Waals surface area (Å²) in [6, 6.07) is 4.95. The first-order chi connectivity index (χ1) is 10.1. The summed E-state index contributed by atoms with van der Waals surface area (Å²) >= 11 is 3.34. The molecule has 3 rings (SSSR count). The molecule has 1 saturated heterocycles. The minimum absolute atomic E-state index is 0.0729. The number of hydrogen-bond acceptors (Lipinski definition) is 3. The highest BCUT2D eigenvalue weighted by atomic mass is 79.9. The predicted octanol–water partition coefficient (Wildman–Crippen LogP) is 4.02. The van der Waals surface area contributed by atoms with Gasteiger partial charge >= 0.3 is 5.97 Å². The molecule has 1 atom stereocenters. The second kappa shape index (κ2) is 5.97. The van der Waals surface area contributed by atoms with E-state index in [0.717, 1.165) is 30.2 Å². The molecule has 1 spiro atoms. The Balaban J connectivity index is 1.63. The van der Waals surface area contributed by atoms with Crippen molar-refractivity contribution in [2.45, 2.75) is 50.2 Å². The summed E-state index contributed by atoms with van der Waals surface area (Å²) in [5.41, 5.74) is 0.271. The lowest BCUT2D eigenvalue weighted by Crippen LogP contribution is -2.27. The van der Waals surface area contributed by atoms with Crippen LogP contribution in [0.3, 0.4) is 0 Å². The summed E-state index contributed by atoms with van der Waals surface area (Å²) in [6.45, 7) is 0.415. The number of carbonyl (C=O) groups is 1. The van der Waals surface area contributed by atoms with Crippen LogP contribution in [0.15, 0.2) is 22.7 Å². The van der Waals surface area contributed by atoms with E-state index in [1.165, 1.54) is 12.8 Å². The van der Waals surface area contributed by atoms with Gasteiger partial charge in [-0.15, -0.1) is 0 Å². The zero-order valence-corrected chi connectivity index (χ0v) is 13.4. The van der Waals surface area contributed by atoms with Crippen molar-refractivity contribution >= 4 is 21.9 Å². The summed E-state index contributed by atoms with van der Waals surface area (Å²) in [5, 5.41) is 9.19. The summed E-state index contributed by atoms with van der Waals surface area (Å²) in [6.07, 6.45) is 6.98. The van der Waals surface area contributed by atoms with E-state index < -0.39 is 5.97 Å². The summed E-state index contributed by atoms with van der Waals surface area (Å²) < 4.78 is 12.7. The molecule has 2 fully saturated rings. The van der Waals surface area contributed by atoms with Crippen LogP contribution >= 0.6 is 15.9 Å². The molecule has 1 aliphatic carbocycles. The van der Waals surface area contributed by atoms with E-state index in [4.69, 9.17) is 9.47 Å². The zero-order valence-electron chi connectivity index (χ0n) is 11.8. The first-order valence-electron chi connectivity index (χ1n) is 7.41. The number of rotatable bonds is 4. The SMILES string of the molecule is O=C(O)c1ccc(Br)cc1OCC1CCC2(CCCC2)O1. The van der Waals surface area contributed by atoms with Gasteiger partial charge in [0.25, 0.3) is 0 Å². The molecule has 4 nitrogen and oxygen atoms in total. The topological polar surface area (TPSA) is 55.8 Å². The van der Waals surface area contributed by atoms with Crippen molar-refractivity contribution in [1.82, 2.24) is 0 Å². The van der Waals surface area contributed by atoms with Crippen LogP contribution in [0, 0.1) is 0 Å². The lowest BCUT2D eigenvalue weighted by molar-refractivity contribution is -0.0510. The van der Waals surface area contributed by atoms with Crippen molar-refractivity contribution in [3.8, 4) is 5.75 Å². The van der Waals surface area contributed by atoms with Crippen LogP contribution in [0.4, 0.5) is 0 Å². The molecule has 1 unspecified atom stereocenters. The van der Waals surface area contributed by atoms with Crippen molar-refractivity contribution < 1.29 is 19.4 Å². The molecule has 0 aromatic heterocycles. The highest BCUT2D eigenvalue weighted by Crippen LogP contribution is 2.43. The Bertz CT molecular complexity index is 537. The minimum atomic E-state index is -0.975. The third-order valence-corrected chi connectivity index (χ3v) is 4.95. The number of benzene rings is 1. The van der Waals surface area contributed by atoms with E-state index in [1.54, 1.807) is 18.2 Å². The largest absolute Gasteiger partial charge is 0.490 e. The van der Waals surface area contributed by atoms with Crippen LogP contribution in [0.5, 0.6) is 5.75 Å². The summed E-state index contributed by atoms with van der Waals surface area (Å²) in [7, 11) is 0. The van der Waals surface area contributed by atoms with Crippen LogP contribution in [-0.2, 0) is 4.74 Å². The van der Waals surface area contributed by atoms with Crippen LogP contribution < -0.4 is 4.74 Å². The van der Waals surface area contributed by atoms with Crippen molar-refractivity contribution in [2.75, 3.05) is 6.61 Å². The lowest BCUT2D eigenvalue weighted by atomic mass is 9.98. The monoisotopic (exact) mass is 354 g/mol. The molecule has 1 aliphatic heterocycles. The predicted molar refractivity (Wildman–Crippen MR) is 81.9 cm³/mol. The smallest absolute Gasteiger partial charge is 0.339 e. The first kappa shape index (κ1) is 14.9. The van der Waals surface area contributed by atoms with E-state index in [1.807, 2.05) is 0 Å². The Morgan fingerprint density at radius 3 is 2.86 bits per heavy atom. The summed E-state index contributed by atoms with van der Waals surface area (Å²) in [5.74, 6) is -0.579. The molecule has 0 amide bonds. The third kappa shape index (κ3) is 3.24. The van der Waals surface area contributed by atoms with Gasteiger partial charge in [0.2, 0.25) is 0 Å². The number of carboxylic acid groups (broad SMARTS) is 1. The highest BCUT2D eigenvalue weighted by Gasteiger charge is 2.42. The number of carboxylic acids is 1. The van der Waals surface area contributed by atoms with Gasteiger partial charge < -0.3 is 14.6 Å². The number of aromatic carboxylic acids is 1. The van der Waals surface area contributed by atoms with Crippen molar-refractivity contribution in [3.05, 3.63) is 28.2 Å². The normalized spacial score (nSPS) is 23.6. The van der Waals surface area contributed by atoms with Gasteiger partial charge in [0.1, 0.15) is 17.9 Å². The van der Waals surface area contributed by atoms with Crippen LogP contribution in [0.2, 0.25) is 0 Å². The number of halogens is 1. The van der Waals surface area contributed by atoms with Gasteiger partial charge in [-0.2, -0.15) is 0 Å². The van der Waals surface area contributed by atoms with Gasteiger partial charge in [-0.25, -0.2) is 4.79 Å². The maximum Gasteiger partial charge on any atom is 0.339 e. The standard InChI is InChI=1S/C16H19BrO4/c17-11-3-4-13(15(18)19)14(9-11)20-10-12-5-8-16(21-12)6-1-2-7-16/h3-4,9,12H,1-2,5-8,10H2,(H,18,19). The molecule has 1 saturated carbocycles. The van der Waals surface area contributed by atoms with E-state index in [9.17, 15) is 9.90 Å². The third-order valence-electron chi connectivity index (χ3n) is 4.45. The fraction of sp³-hybridized carbons (Fsp3) is 0.562. The fourth-order valence-corrected chi connectivity index (χ4v) is 3.72. The van der Waals surface area contributed by atoms with Gasteiger partial charge in [0.05, 0.1) is 11.7 Å². The molecule has 114 valence electrons. The molecule has 2 aliphatic rings. The number of hydrogen-bond donors (Lipinski definition) is 1. The van der Waals surface area contributed by atoms with Gasteiger partial charge in [-0.05, 0) is 43.9 Å². The Hall–Kier alpha value is -1.07. The van der Waals surface area contributed by atoms with Crippen molar-refractivity contribution in [2.24, 2.45) is 0 Å². The maximum atomic E-state index is 11.2. The van der Waals surface area contributed by atoms with Gasteiger partial charge in [-0.3, -0.25) is 0 Å². The highest BCUT2D eigenvalue weighted by molar-refractivity contribution is 9.10. The average Bonchev–Trinajstić information content (AvgIpc) is 3.07. The molecule has 1 N–H and O–H groups in total. The van der Waals surface area contributed by atoms with Gasteiger partial charge in [0, 0.05) is 4.47 Å². The maximum absolute atomic E-state index is 11.2. The minimum Gasteiger partial charge on any atom is -0.490 e. The Kier molecular flexibility index (Phi) is 4.22. The van der Waals surface area contributed by atoms with Crippen molar-refractivity contribution in [1.29, 1.82) is 0 Å². The molecule has 1 heterocycles. The van der Waals surface area contributed by atoms with E-state index in [2.05, 4.69) is 15.9 Å². The molecule has 0 radical (unpaired) electrons. The molecular weight excluding hydrogens is 336 g/mol. The van der Waals surface area contributed by atoms with Crippen LogP contribution in [-0.4, -0.2) is 29.4 Å². The Labute approximate surface area is 132 Å². The van der Waals surface area contributed by atoms with Crippen molar-refractivity contribution in [3.63, 3.8) is 0 Å². The van der Waals surface area contributed by atoms with Crippen LogP contribution in [0.25, 0.3) is 0 Å². The Morgan fingerprint density at radius 1 is 1.38 bits per heavy atom. The van der Waals surface area contributed by atoms with E-state index in [0.29, 0.717) is 12.4 Å². The molecule has 0 bridgehead atoms. The first-order valence-corrected chi connectivity index (χ1v) is 8.21. The van der Waals surface area contributed by atoms with Crippen LogP contribution in [0.1, 0.15) is 48.9 Å². The molecule has 1 aromatic rings. The fourth-order valence-electron chi connectivity index (χ4n) is 3.37. The summed E-state index contributed by atoms with van der Waals surface area (Å²) in [4.78, 5) is 11.2. The zero-order chi connectivity index (χ0) is 14.9. The lowest BCUT2D eigenvalue weighted by Gasteiger charge is -2.24.